The van der Waals surface area contributed by atoms with Gasteiger partial charge < -0.3 is 15.2 Å². The number of aromatic nitrogens is 1. The van der Waals surface area contributed by atoms with Crippen LogP contribution in [0.5, 0.6) is 0 Å². The third-order valence-corrected chi connectivity index (χ3v) is 3.53. The highest BCUT2D eigenvalue weighted by Gasteiger charge is 2.14. The predicted octanol–water partition coefficient (Wildman–Crippen LogP) is 3.68. The lowest BCUT2D eigenvalue weighted by atomic mass is 9.89. The van der Waals surface area contributed by atoms with Gasteiger partial charge in [-0.05, 0) is 31.1 Å². The minimum atomic E-state index is 0.361. The molecule has 0 spiro atoms. The zero-order valence-corrected chi connectivity index (χ0v) is 15.2. The number of nitrogens with zero attached hydrogens (tertiary/aromatic N) is 2. The van der Waals surface area contributed by atoms with Crippen LogP contribution in [0.2, 0.25) is 0 Å². The molecule has 22 heavy (non-hydrogen) atoms. The first-order valence-corrected chi connectivity index (χ1v) is 8.14. The second kappa shape index (κ2) is 8.20. The number of rotatable bonds is 6. The molecule has 2 N–H and O–H groups in total. The predicted molar refractivity (Wildman–Crippen MR) is 92.1 cm³/mol. The highest BCUT2D eigenvalue weighted by Crippen LogP contribution is 2.21. The summed E-state index contributed by atoms with van der Waals surface area (Å²) in [6.45, 7) is 13.8. The lowest BCUT2D eigenvalue weighted by Gasteiger charge is -2.22. The summed E-state index contributed by atoms with van der Waals surface area (Å²) in [5, 5.41) is 10.7. The van der Waals surface area contributed by atoms with Gasteiger partial charge in [0.05, 0.1) is 12.2 Å². The van der Waals surface area contributed by atoms with E-state index >= 15 is 0 Å². The van der Waals surface area contributed by atoms with Crippen molar-refractivity contribution in [2.45, 2.75) is 72.9 Å². The molecule has 1 unspecified atom stereocenters. The van der Waals surface area contributed by atoms with Crippen LogP contribution in [0.4, 0.5) is 0 Å². The van der Waals surface area contributed by atoms with Crippen LogP contribution in [-0.4, -0.2) is 24.2 Å². The zero-order valence-electron chi connectivity index (χ0n) is 15.2. The third-order valence-electron chi connectivity index (χ3n) is 3.53. The second-order valence-electron chi connectivity index (χ2n) is 7.44. The van der Waals surface area contributed by atoms with Crippen molar-refractivity contribution in [1.82, 2.24) is 15.8 Å². The molecule has 0 saturated carbocycles. The third kappa shape index (κ3) is 6.96. The fourth-order valence-corrected chi connectivity index (χ4v) is 2.00. The molecule has 0 bridgehead atoms. The molecule has 1 rings (SSSR count). The van der Waals surface area contributed by atoms with Gasteiger partial charge in [-0.15, -0.1) is 0 Å². The van der Waals surface area contributed by atoms with Gasteiger partial charge in [0.2, 0.25) is 0 Å². The maximum atomic E-state index is 5.32. The van der Waals surface area contributed by atoms with Gasteiger partial charge >= 0.3 is 0 Å². The summed E-state index contributed by atoms with van der Waals surface area (Å²) < 4.78 is 5.32. The molecule has 1 atom stereocenters. The summed E-state index contributed by atoms with van der Waals surface area (Å²) in [4.78, 5) is 4.26. The van der Waals surface area contributed by atoms with E-state index in [1.165, 1.54) is 6.42 Å². The van der Waals surface area contributed by atoms with Crippen molar-refractivity contribution in [3.8, 4) is 0 Å². The lowest BCUT2D eigenvalue weighted by Crippen LogP contribution is -2.42. The van der Waals surface area contributed by atoms with Crippen LogP contribution in [0.15, 0.2) is 15.6 Å². The molecule has 1 aromatic rings. The average Bonchev–Trinajstić information content (AvgIpc) is 2.89. The fraction of sp³-hybridized carbons (Fsp3) is 0.765. The van der Waals surface area contributed by atoms with E-state index in [4.69, 9.17) is 4.52 Å². The van der Waals surface area contributed by atoms with Gasteiger partial charge in [-0.3, -0.25) is 4.99 Å². The van der Waals surface area contributed by atoms with Crippen molar-refractivity contribution in [3.63, 3.8) is 0 Å². The normalized spacial score (nSPS) is 14.3. The van der Waals surface area contributed by atoms with Crippen molar-refractivity contribution in [1.29, 1.82) is 0 Å². The SMILES string of the molecule is CN=C(NCc1cc(C(C)C)no1)NC(C)CCC(C)(C)C. The van der Waals surface area contributed by atoms with Gasteiger partial charge in [-0.2, -0.15) is 0 Å². The molecule has 0 amide bonds. The number of hydrogen-bond donors (Lipinski definition) is 2. The van der Waals surface area contributed by atoms with Crippen LogP contribution < -0.4 is 10.6 Å². The van der Waals surface area contributed by atoms with Crippen molar-refractivity contribution in [2.24, 2.45) is 10.4 Å². The van der Waals surface area contributed by atoms with E-state index in [9.17, 15) is 0 Å². The molecule has 0 aliphatic rings. The summed E-state index contributed by atoms with van der Waals surface area (Å²) in [6, 6.07) is 2.37. The Bertz CT molecular complexity index is 471. The van der Waals surface area contributed by atoms with Crippen LogP contribution in [0.3, 0.4) is 0 Å². The quantitative estimate of drug-likeness (QED) is 0.621. The van der Waals surface area contributed by atoms with Gasteiger partial charge in [0.1, 0.15) is 0 Å². The molecule has 126 valence electrons. The Hall–Kier alpha value is -1.52. The summed E-state index contributed by atoms with van der Waals surface area (Å²) in [7, 11) is 1.78. The van der Waals surface area contributed by atoms with Crippen LogP contribution in [0.25, 0.3) is 0 Å². The molecule has 0 aliphatic heterocycles. The summed E-state index contributed by atoms with van der Waals surface area (Å²) >= 11 is 0. The van der Waals surface area contributed by atoms with E-state index in [-0.39, 0.29) is 0 Å². The molecule has 5 heteroatoms. The second-order valence-corrected chi connectivity index (χ2v) is 7.44. The molecule has 1 aromatic heterocycles. The first-order chi connectivity index (χ1) is 10.2. The van der Waals surface area contributed by atoms with Crippen molar-refractivity contribution >= 4 is 5.96 Å². The van der Waals surface area contributed by atoms with Gasteiger partial charge in [0.25, 0.3) is 0 Å². The molecule has 0 aliphatic carbocycles. The minimum absolute atomic E-state index is 0.361. The van der Waals surface area contributed by atoms with E-state index < -0.39 is 0 Å². The maximum Gasteiger partial charge on any atom is 0.191 e. The van der Waals surface area contributed by atoms with Crippen molar-refractivity contribution in [2.75, 3.05) is 7.05 Å². The van der Waals surface area contributed by atoms with E-state index in [1.807, 2.05) is 6.07 Å². The molecular weight excluding hydrogens is 276 g/mol. The van der Waals surface area contributed by atoms with Crippen molar-refractivity contribution < 1.29 is 4.52 Å². The van der Waals surface area contributed by atoms with E-state index in [0.29, 0.717) is 23.9 Å². The number of hydrogen-bond acceptors (Lipinski definition) is 3. The standard InChI is InChI=1S/C17H32N4O/c1-12(2)15-10-14(22-21-15)11-19-16(18-7)20-13(3)8-9-17(4,5)6/h10,12-13H,8-9,11H2,1-7H3,(H2,18,19,20). The highest BCUT2D eigenvalue weighted by atomic mass is 16.5. The largest absolute Gasteiger partial charge is 0.359 e. The summed E-state index contributed by atoms with van der Waals surface area (Å²) in [5.74, 6) is 2.00. The molecule has 1 heterocycles. The molecule has 0 fully saturated rings. The van der Waals surface area contributed by atoms with Crippen LogP contribution >= 0.6 is 0 Å². The van der Waals surface area contributed by atoms with Crippen LogP contribution in [0, 0.1) is 5.41 Å². The van der Waals surface area contributed by atoms with Gasteiger partial charge in [0, 0.05) is 19.2 Å². The average molecular weight is 308 g/mol. The first-order valence-electron chi connectivity index (χ1n) is 8.14. The first kappa shape index (κ1) is 18.5. The molecule has 0 aromatic carbocycles. The van der Waals surface area contributed by atoms with Gasteiger partial charge in [-0.1, -0.05) is 39.8 Å². The van der Waals surface area contributed by atoms with E-state index in [0.717, 1.165) is 23.8 Å². The van der Waals surface area contributed by atoms with Crippen LogP contribution in [-0.2, 0) is 6.54 Å². The monoisotopic (exact) mass is 308 g/mol. The Morgan fingerprint density at radius 2 is 2.00 bits per heavy atom. The zero-order chi connectivity index (χ0) is 16.8. The number of nitrogens with one attached hydrogen (secondary N) is 2. The topological polar surface area (TPSA) is 62.5 Å². The Balaban J connectivity index is 2.41. The Morgan fingerprint density at radius 3 is 2.50 bits per heavy atom. The minimum Gasteiger partial charge on any atom is -0.359 e. The van der Waals surface area contributed by atoms with E-state index in [1.54, 1.807) is 7.05 Å². The Kier molecular flexibility index (Phi) is 6.91. The molecule has 0 saturated heterocycles. The van der Waals surface area contributed by atoms with Gasteiger partial charge in [0.15, 0.2) is 11.7 Å². The Morgan fingerprint density at radius 1 is 1.32 bits per heavy atom. The fourth-order valence-electron chi connectivity index (χ4n) is 2.00. The molecule has 5 nitrogen and oxygen atoms in total. The number of aliphatic imine (C=N–C) groups is 1. The smallest absolute Gasteiger partial charge is 0.191 e. The highest BCUT2D eigenvalue weighted by molar-refractivity contribution is 5.79. The maximum absolute atomic E-state index is 5.32. The summed E-state index contributed by atoms with van der Waals surface area (Å²) in [6.07, 6.45) is 2.29. The molecular formula is C17H32N4O. The summed E-state index contributed by atoms with van der Waals surface area (Å²) in [5.41, 5.74) is 1.35. The van der Waals surface area contributed by atoms with Gasteiger partial charge in [-0.25, -0.2) is 0 Å². The lowest BCUT2D eigenvalue weighted by molar-refractivity contribution is 0.345. The van der Waals surface area contributed by atoms with E-state index in [2.05, 4.69) is 62.3 Å². The van der Waals surface area contributed by atoms with Crippen LogP contribution in [0.1, 0.15) is 71.8 Å². The van der Waals surface area contributed by atoms with Crippen molar-refractivity contribution in [3.05, 3.63) is 17.5 Å². The number of guanidine groups is 1. The Labute approximate surface area is 135 Å². The molecule has 0 radical (unpaired) electrons.